The minimum atomic E-state index is -0.206. The van der Waals surface area contributed by atoms with Gasteiger partial charge in [-0.25, -0.2) is 19.3 Å². The molecule has 3 aromatic heterocycles. The smallest absolute Gasteiger partial charge is 0.278 e. The van der Waals surface area contributed by atoms with Gasteiger partial charge in [-0.2, -0.15) is 4.98 Å². The first-order valence-electron chi connectivity index (χ1n) is 13.7. The average Bonchev–Trinajstić information content (AvgIpc) is 3.24. The fourth-order valence-corrected chi connectivity index (χ4v) is 5.63. The van der Waals surface area contributed by atoms with Gasteiger partial charge in [0, 0.05) is 31.5 Å². The van der Waals surface area contributed by atoms with Gasteiger partial charge < -0.3 is 15.0 Å². The van der Waals surface area contributed by atoms with Crippen molar-refractivity contribution in [1.29, 1.82) is 0 Å². The van der Waals surface area contributed by atoms with E-state index in [1.165, 1.54) is 11.1 Å². The Bertz CT molecular complexity index is 1720. The number of nitrogens with one attached hydrogen (secondary N) is 1. The molecular weight excluding hydrogens is 508 g/mol. The summed E-state index contributed by atoms with van der Waals surface area (Å²) in [5.41, 5.74) is 3.77. The van der Waals surface area contributed by atoms with E-state index in [4.69, 9.17) is 14.7 Å². The summed E-state index contributed by atoms with van der Waals surface area (Å²) in [6.45, 7) is 2.87. The maximum atomic E-state index is 13.5. The molecule has 0 unspecified atom stereocenters. The van der Waals surface area contributed by atoms with Crippen LogP contribution >= 0.6 is 0 Å². The number of ether oxygens (including phenoxy) is 1. The van der Waals surface area contributed by atoms with E-state index >= 15 is 0 Å². The molecule has 1 amide bonds. The molecule has 1 N–H and O–H groups in total. The number of fused-ring (bicyclic) bond motifs is 6. The summed E-state index contributed by atoms with van der Waals surface area (Å²) in [5, 5.41) is 3.72. The highest BCUT2D eigenvalue weighted by Crippen LogP contribution is 2.32. The van der Waals surface area contributed by atoms with Crippen LogP contribution < -0.4 is 20.5 Å². The molecule has 2 bridgehead atoms. The van der Waals surface area contributed by atoms with Gasteiger partial charge in [0.25, 0.3) is 11.5 Å². The molecule has 0 atom stereocenters. The summed E-state index contributed by atoms with van der Waals surface area (Å²) < 4.78 is 9.00. The number of nitrogens with zero attached hydrogens (tertiary/aromatic N) is 7. The number of carbonyl (C=O) groups is 1. The lowest BCUT2D eigenvalue weighted by molar-refractivity contribution is -0.121. The van der Waals surface area contributed by atoms with E-state index in [1.54, 1.807) is 32.6 Å². The Kier molecular flexibility index (Phi) is 6.07. The van der Waals surface area contributed by atoms with Gasteiger partial charge in [0.2, 0.25) is 5.95 Å². The van der Waals surface area contributed by atoms with E-state index in [-0.39, 0.29) is 18.1 Å². The van der Waals surface area contributed by atoms with Gasteiger partial charge in [0.15, 0.2) is 29.6 Å². The molecule has 3 aliphatic heterocycles. The number of aromatic nitrogens is 5. The van der Waals surface area contributed by atoms with Crippen LogP contribution in [0.3, 0.4) is 0 Å². The highest BCUT2D eigenvalue weighted by atomic mass is 16.5. The van der Waals surface area contributed by atoms with Crippen molar-refractivity contribution in [3.05, 3.63) is 70.2 Å². The molecule has 0 saturated heterocycles. The summed E-state index contributed by atoms with van der Waals surface area (Å²) in [5.74, 6) is 1.76. The minimum Gasteiger partial charge on any atom is -0.480 e. The molecule has 4 aromatic rings. The van der Waals surface area contributed by atoms with Crippen molar-refractivity contribution in [3.8, 4) is 11.6 Å². The van der Waals surface area contributed by atoms with Crippen LogP contribution in [-0.4, -0.2) is 61.9 Å². The van der Waals surface area contributed by atoms with Crippen molar-refractivity contribution in [3.63, 3.8) is 0 Å². The van der Waals surface area contributed by atoms with Gasteiger partial charge in [-0.05, 0) is 68.1 Å². The zero-order chi connectivity index (χ0) is 27.2. The highest BCUT2D eigenvalue weighted by Gasteiger charge is 2.28. The maximum Gasteiger partial charge on any atom is 0.278 e. The number of carbonyl (C=O) groups excluding carboxylic acids is 1. The van der Waals surface area contributed by atoms with Crippen molar-refractivity contribution in [2.75, 3.05) is 37.0 Å². The SMILES string of the molecule is CN1CCc2cc(Nc3ncc4c(=O)n5n(c4n3)-c3ccc4c(n3)N(CCCC/C=C\C5)C(=O)CO4)ccc2C1. The zero-order valence-electron chi connectivity index (χ0n) is 22.3. The number of anilines is 3. The van der Waals surface area contributed by atoms with E-state index in [1.807, 2.05) is 12.1 Å². The van der Waals surface area contributed by atoms with Crippen molar-refractivity contribution >= 4 is 34.4 Å². The summed E-state index contributed by atoms with van der Waals surface area (Å²) in [7, 11) is 2.13. The van der Waals surface area contributed by atoms with Gasteiger partial charge in [0.05, 0.1) is 6.54 Å². The fourth-order valence-electron chi connectivity index (χ4n) is 5.63. The van der Waals surface area contributed by atoms with Crippen LogP contribution in [0.5, 0.6) is 5.75 Å². The molecule has 7 rings (SSSR count). The third kappa shape index (κ3) is 4.32. The first-order valence-corrected chi connectivity index (χ1v) is 13.7. The van der Waals surface area contributed by atoms with E-state index in [9.17, 15) is 9.59 Å². The van der Waals surface area contributed by atoms with Gasteiger partial charge in [-0.1, -0.05) is 18.2 Å². The number of allylic oxidation sites excluding steroid dienone is 2. The van der Waals surface area contributed by atoms with Gasteiger partial charge in [-0.15, -0.1) is 0 Å². The molecule has 0 saturated carbocycles. The summed E-state index contributed by atoms with van der Waals surface area (Å²) in [4.78, 5) is 44.4. The molecule has 0 fully saturated rings. The molecule has 0 radical (unpaired) electrons. The Labute approximate surface area is 230 Å². The van der Waals surface area contributed by atoms with Crippen molar-refractivity contribution in [2.24, 2.45) is 0 Å². The van der Waals surface area contributed by atoms with Crippen LogP contribution in [0.15, 0.2) is 53.5 Å². The molecular formula is C29H30N8O3. The minimum absolute atomic E-state index is 0.00721. The number of hydrogen-bond donors (Lipinski definition) is 1. The normalized spacial score (nSPS) is 18.1. The molecule has 204 valence electrons. The monoisotopic (exact) mass is 538 g/mol. The summed E-state index contributed by atoms with van der Waals surface area (Å²) in [6.07, 6.45) is 9.25. The molecule has 0 spiro atoms. The van der Waals surface area contributed by atoms with Crippen LogP contribution in [0.4, 0.5) is 17.5 Å². The summed E-state index contributed by atoms with van der Waals surface area (Å²) >= 11 is 0. The fraction of sp³-hybridized carbons (Fsp3) is 0.345. The molecule has 0 aliphatic carbocycles. The first-order chi connectivity index (χ1) is 19.5. The standard InChI is InChI=1S/C29H30N8O3/c1-34-14-11-19-15-21(8-7-20(19)17-34)31-29-30-16-22-26(33-29)37-24-10-9-23-27(32-24)35(25(38)18-40-23)12-5-3-2-4-6-13-36(37)28(22)39/h4,6-10,15-16H,2-3,5,11-14,17-18H2,1H3,(H,30,31,33)/b6-4-. The quantitative estimate of drug-likeness (QED) is 0.388. The van der Waals surface area contributed by atoms with E-state index in [2.05, 4.69) is 40.5 Å². The highest BCUT2D eigenvalue weighted by molar-refractivity contribution is 5.96. The molecule has 11 heteroatoms. The number of rotatable bonds is 2. The Hall–Kier alpha value is -4.51. The largest absolute Gasteiger partial charge is 0.480 e. The maximum absolute atomic E-state index is 13.5. The van der Waals surface area contributed by atoms with Crippen LogP contribution in [0.25, 0.3) is 16.9 Å². The van der Waals surface area contributed by atoms with Crippen LogP contribution in [0.2, 0.25) is 0 Å². The number of likely N-dealkylation sites (N-methyl/N-ethyl adjacent to an activating group) is 1. The third-order valence-corrected chi connectivity index (χ3v) is 7.74. The number of pyridine rings is 1. The predicted octanol–water partition coefficient (Wildman–Crippen LogP) is 3.17. The Morgan fingerprint density at radius 1 is 1.00 bits per heavy atom. The second-order valence-electron chi connectivity index (χ2n) is 10.5. The average molecular weight is 539 g/mol. The second kappa shape index (κ2) is 9.91. The van der Waals surface area contributed by atoms with Crippen LogP contribution in [0, 0.1) is 0 Å². The molecule has 6 heterocycles. The topological polar surface area (TPSA) is 110 Å². The molecule has 40 heavy (non-hydrogen) atoms. The third-order valence-electron chi connectivity index (χ3n) is 7.74. The Balaban J connectivity index is 1.34. The van der Waals surface area contributed by atoms with Crippen LogP contribution in [0.1, 0.15) is 30.4 Å². The number of amides is 1. The van der Waals surface area contributed by atoms with Crippen LogP contribution in [-0.2, 0) is 24.3 Å². The van der Waals surface area contributed by atoms with E-state index < -0.39 is 0 Å². The number of benzene rings is 1. The first kappa shape index (κ1) is 24.5. The van der Waals surface area contributed by atoms with Crippen molar-refractivity contribution < 1.29 is 9.53 Å². The van der Waals surface area contributed by atoms with E-state index in [0.717, 1.165) is 44.5 Å². The lowest BCUT2D eigenvalue weighted by atomic mass is 9.99. The van der Waals surface area contributed by atoms with Crippen molar-refractivity contribution in [2.45, 2.75) is 38.8 Å². The molecule has 11 nitrogen and oxygen atoms in total. The lowest BCUT2D eigenvalue weighted by Crippen LogP contribution is -2.40. The number of hydrogen-bond acceptors (Lipinski definition) is 8. The zero-order valence-corrected chi connectivity index (χ0v) is 22.3. The van der Waals surface area contributed by atoms with Gasteiger partial charge in [-0.3, -0.25) is 14.5 Å². The summed E-state index contributed by atoms with van der Waals surface area (Å²) in [6, 6.07) is 9.92. The van der Waals surface area contributed by atoms with E-state index in [0.29, 0.717) is 47.5 Å². The Morgan fingerprint density at radius 3 is 2.85 bits per heavy atom. The van der Waals surface area contributed by atoms with Gasteiger partial charge >= 0.3 is 0 Å². The van der Waals surface area contributed by atoms with Gasteiger partial charge in [0.1, 0.15) is 5.39 Å². The predicted molar refractivity (Wildman–Crippen MR) is 152 cm³/mol. The molecule has 3 aliphatic rings. The second-order valence-corrected chi connectivity index (χ2v) is 10.5. The molecule has 1 aromatic carbocycles. The lowest BCUT2D eigenvalue weighted by Gasteiger charge is -2.28. The Morgan fingerprint density at radius 2 is 1.93 bits per heavy atom. The van der Waals surface area contributed by atoms with Crippen molar-refractivity contribution in [1.82, 2.24) is 29.2 Å².